The van der Waals surface area contributed by atoms with E-state index in [0.717, 1.165) is 0 Å². The predicted octanol–water partition coefficient (Wildman–Crippen LogP) is 2.96. The molecule has 1 N–H and O–H groups in total. The lowest BCUT2D eigenvalue weighted by molar-refractivity contribution is -0.0334. The highest BCUT2D eigenvalue weighted by atomic mass is 16.7. The number of rotatable bonds is 4. The van der Waals surface area contributed by atoms with Crippen LogP contribution in [-0.4, -0.2) is 11.7 Å². The number of hydrogen-bond acceptors (Lipinski definition) is 4. The molecule has 0 bridgehead atoms. The van der Waals surface area contributed by atoms with Crippen LogP contribution in [0.1, 0.15) is 32.6 Å². The summed E-state index contributed by atoms with van der Waals surface area (Å²) in [6, 6.07) is 3.45. The molecule has 0 fully saturated rings. The Morgan fingerprint density at radius 1 is 1.59 bits per heavy atom. The van der Waals surface area contributed by atoms with Gasteiger partial charge in [0.25, 0.3) is 0 Å². The molecule has 0 radical (unpaired) electrons. The SMILES string of the molecule is C=CC(ONC(=O)OC(C)(C)C)c1ccco1. The highest BCUT2D eigenvalue weighted by Crippen LogP contribution is 2.17. The van der Waals surface area contributed by atoms with Crippen molar-refractivity contribution in [1.29, 1.82) is 0 Å². The molecule has 0 saturated carbocycles. The number of nitrogens with one attached hydrogen (secondary N) is 1. The minimum atomic E-state index is -0.657. The lowest BCUT2D eigenvalue weighted by Crippen LogP contribution is -2.33. The van der Waals surface area contributed by atoms with Crippen molar-refractivity contribution < 1.29 is 18.8 Å². The van der Waals surface area contributed by atoms with Gasteiger partial charge in [-0.05, 0) is 32.9 Å². The number of amides is 1. The van der Waals surface area contributed by atoms with E-state index in [4.69, 9.17) is 14.0 Å². The highest BCUT2D eigenvalue weighted by molar-refractivity contribution is 5.66. The summed E-state index contributed by atoms with van der Waals surface area (Å²) in [6.45, 7) is 8.90. The van der Waals surface area contributed by atoms with Gasteiger partial charge in [-0.2, -0.15) is 5.48 Å². The summed E-state index contributed by atoms with van der Waals surface area (Å²) >= 11 is 0. The van der Waals surface area contributed by atoms with Crippen LogP contribution in [-0.2, 0) is 9.57 Å². The van der Waals surface area contributed by atoms with Gasteiger partial charge < -0.3 is 9.15 Å². The Morgan fingerprint density at radius 2 is 2.29 bits per heavy atom. The molecule has 17 heavy (non-hydrogen) atoms. The van der Waals surface area contributed by atoms with Crippen LogP contribution in [0.4, 0.5) is 4.79 Å². The maximum atomic E-state index is 11.3. The molecule has 5 nitrogen and oxygen atoms in total. The third kappa shape index (κ3) is 4.74. The summed E-state index contributed by atoms with van der Waals surface area (Å²) < 4.78 is 10.1. The van der Waals surface area contributed by atoms with Crippen LogP contribution in [0.15, 0.2) is 35.5 Å². The van der Waals surface area contributed by atoms with Crippen molar-refractivity contribution in [2.24, 2.45) is 0 Å². The zero-order chi connectivity index (χ0) is 12.9. The van der Waals surface area contributed by atoms with Gasteiger partial charge in [0.15, 0.2) is 6.10 Å². The smallest absolute Gasteiger partial charge is 0.431 e. The van der Waals surface area contributed by atoms with Crippen LogP contribution >= 0.6 is 0 Å². The van der Waals surface area contributed by atoms with E-state index in [-0.39, 0.29) is 0 Å². The second kappa shape index (κ2) is 5.54. The molecule has 1 atom stereocenters. The van der Waals surface area contributed by atoms with Gasteiger partial charge >= 0.3 is 6.09 Å². The topological polar surface area (TPSA) is 60.7 Å². The van der Waals surface area contributed by atoms with Gasteiger partial charge in [0.2, 0.25) is 0 Å². The summed E-state index contributed by atoms with van der Waals surface area (Å²) in [5.74, 6) is 0.552. The first-order valence-electron chi connectivity index (χ1n) is 5.23. The number of ether oxygens (including phenoxy) is 1. The fourth-order valence-corrected chi connectivity index (χ4v) is 1.09. The van der Waals surface area contributed by atoms with Crippen molar-refractivity contribution >= 4 is 6.09 Å². The highest BCUT2D eigenvalue weighted by Gasteiger charge is 2.18. The van der Waals surface area contributed by atoms with E-state index in [1.54, 1.807) is 32.9 Å². The lowest BCUT2D eigenvalue weighted by atomic mass is 10.2. The number of furan rings is 1. The summed E-state index contributed by atoms with van der Waals surface area (Å²) in [7, 11) is 0. The van der Waals surface area contributed by atoms with Crippen molar-refractivity contribution in [3.8, 4) is 0 Å². The van der Waals surface area contributed by atoms with Gasteiger partial charge in [-0.25, -0.2) is 4.79 Å². The Morgan fingerprint density at radius 3 is 2.76 bits per heavy atom. The monoisotopic (exact) mass is 239 g/mol. The Labute approximate surface area is 100 Å². The van der Waals surface area contributed by atoms with Gasteiger partial charge in [-0.1, -0.05) is 12.7 Å². The molecule has 1 aromatic rings. The third-order valence-corrected chi connectivity index (χ3v) is 1.71. The number of hydrogen-bond donors (Lipinski definition) is 1. The molecule has 1 rings (SSSR count). The van der Waals surface area contributed by atoms with E-state index in [1.807, 2.05) is 0 Å². The first-order chi connectivity index (χ1) is 7.92. The zero-order valence-corrected chi connectivity index (χ0v) is 10.2. The number of carbonyl (C=O) groups is 1. The second-order valence-corrected chi connectivity index (χ2v) is 4.39. The molecular weight excluding hydrogens is 222 g/mol. The molecule has 94 valence electrons. The minimum Gasteiger partial charge on any atom is -0.466 e. The van der Waals surface area contributed by atoms with Crippen LogP contribution < -0.4 is 5.48 Å². The summed E-state index contributed by atoms with van der Waals surface area (Å²) in [4.78, 5) is 16.4. The zero-order valence-electron chi connectivity index (χ0n) is 10.2. The van der Waals surface area contributed by atoms with Crippen molar-refractivity contribution in [2.75, 3.05) is 0 Å². The third-order valence-electron chi connectivity index (χ3n) is 1.71. The standard InChI is InChI=1S/C12H17NO4/c1-5-9(10-7-6-8-15-10)17-13-11(14)16-12(2,3)4/h5-9H,1H2,2-4H3,(H,13,14). The number of carbonyl (C=O) groups excluding carboxylic acids is 1. The Bertz CT molecular complexity index is 364. The largest absolute Gasteiger partial charge is 0.466 e. The minimum absolute atomic E-state index is 0.544. The van der Waals surface area contributed by atoms with E-state index in [2.05, 4.69) is 12.1 Å². The average molecular weight is 239 g/mol. The van der Waals surface area contributed by atoms with Crippen LogP contribution in [0.2, 0.25) is 0 Å². The molecule has 0 saturated heterocycles. The van der Waals surface area contributed by atoms with Crippen LogP contribution in [0, 0.1) is 0 Å². The Hall–Kier alpha value is -1.75. The Kier molecular flexibility index (Phi) is 4.34. The normalized spacial score (nSPS) is 12.9. The van der Waals surface area contributed by atoms with Gasteiger partial charge in [0.1, 0.15) is 11.4 Å². The first kappa shape index (κ1) is 13.3. The van der Waals surface area contributed by atoms with Crippen LogP contribution in [0.25, 0.3) is 0 Å². The first-order valence-corrected chi connectivity index (χ1v) is 5.23. The van der Waals surface area contributed by atoms with Gasteiger partial charge in [0, 0.05) is 0 Å². The maximum Gasteiger partial charge on any atom is 0.431 e. The predicted molar refractivity (Wildman–Crippen MR) is 62.1 cm³/mol. The summed E-state index contributed by atoms with van der Waals surface area (Å²) in [5.41, 5.74) is 1.62. The van der Waals surface area contributed by atoms with Crippen molar-refractivity contribution in [3.05, 3.63) is 36.8 Å². The van der Waals surface area contributed by atoms with E-state index >= 15 is 0 Å². The molecular formula is C12H17NO4. The molecule has 0 aliphatic rings. The van der Waals surface area contributed by atoms with Gasteiger partial charge in [-0.3, -0.25) is 4.84 Å². The van der Waals surface area contributed by atoms with E-state index in [0.29, 0.717) is 5.76 Å². The maximum absolute atomic E-state index is 11.3. The van der Waals surface area contributed by atoms with Crippen molar-refractivity contribution in [1.82, 2.24) is 5.48 Å². The van der Waals surface area contributed by atoms with Gasteiger partial charge in [-0.15, -0.1) is 0 Å². The molecule has 1 aromatic heterocycles. The molecule has 5 heteroatoms. The van der Waals surface area contributed by atoms with Crippen LogP contribution in [0.3, 0.4) is 0 Å². The average Bonchev–Trinajstić information content (AvgIpc) is 2.69. The van der Waals surface area contributed by atoms with E-state index in [9.17, 15) is 4.79 Å². The van der Waals surface area contributed by atoms with Crippen molar-refractivity contribution in [2.45, 2.75) is 32.5 Å². The van der Waals surface area contributed by atoms with E-state index in [1.165, 1.54) is 12.3 Å². The van der Waals surface area contributed by atoms with Crippen LogP contribution in [0.5, 0.6) is 0 Å². The molecule has 0 spiro atoms. The Balaban J connectivity index is 2.44. The summed E-state index contributed by atoms with van der Waals surface area (Å²) in [6.07, 6.45) is 1.83. The molecule has 1 heterocycles. The molecule has 1 unspecified atom stereocenters. The van der Waals surface area contributed by atoms with Crippen molar-refractivity contribution in [3.63, 3.8) is 0 Å². The molecule has 1 amide bonds. The van der Waals surface area contributed by atoms with E-state index < -0.39 is 17.8 Å². The summed E-state index contributed by atoms with van der Waals surface area (Å²) in [5, 5.41) is 0. The molecule has 0 aliphatic heterocycles. The lowest BCUT2D eigenvalue weighted by Gasteiger charge is -2.20. The number of hydroxylamine groups is 1. The van der Waals surface area contributed by atoms with Gasteiger partial charge in [0.05, 0.1) is 6.26 Å². The molecule has 0 aromatic carbocycles. The fraction of sp³-hybridized carbons (Fsp3) is 0.417. The molecule has 0 aliphatic carbocycles. The quantitative estimate of drug-likeness (QED) is 0.648. The second-order valence-electron chi connectivity index (χ2n) is 4.39. The fourth-order valence-electron chi connectivity index (χ4n) is 1.09.